The van der Waals surface area contributed by atoms with Gasteiger partial charge < -0.3 is 0 Å². The molecule has 3 heteroatoms. The molecule has 0 unspecified atom stereocenters. The first-order chi connectivity index (χ1) is 8.72. The standard InChI is InChI=1S/C15H13BrOS/c16-12-6-9-18-13(12)10-14(17)15(7-8-15)11-4-2-1-3-5-11/h1-6,9H,7-8,10H2. The Kier molecular flexibility index (Phi) is 3.12. The molecule has 1 fully saturated rings. The molecule has 0 amide bonds. The Labute approximate surface area is 119 Å². The second-order valence-corrected chi connectivity index (χ2v) is 6.59. The number of hydrogen-bond donors (Lipinski definition) is 0. The molecular weight excluding hydrogens is 308 g/mol. The van der Waals surface area contributed by atoms with Gasteiger partial charge >= 0.3 is 0 Å². The minimum absolute atomic E-state index is 0.190. The van der Waals surface area contributed by atoms with Crippen LogP contribution in [0.3, 0.4) is 0 Å². The van der Waals surface area contributed by atoms with Crippen LogP contribution in [0, 0.1) is 0 Å². The molecule has 1 aromatic heterocycles. The van der Waals surface area contributed by atoms with Crippen LogP contribution in [0.5, 0.6) is 0 Å². The van der Waals surface area contributed by atoms with Crippen molar-refractivity contribution in [3.05, 3.63) is 56.7 Å². The third-order valence-electron chi connectivity index (χ3n) is 3.62. The lowest BCUT2D eigenvalue weighted by molar-refractivity contribution is -0.120. The molecule has 0 N–H and O–H groups in total. The molecule has 1 aliphatic rings. The molecule has 1 aromatic carbocycles. The number of carbonyl (C=O) groups is 1. The highest BCUT2D eigenvalue weighted by atomic mass is 79.9. The summed E-state index contributed by atoms with van der Waals surface area (Å²) < 4.78 is 1.06. The van der Waals surface area contributed by atoms with Crippen LogP contribution in [-0.4, -0.2) is 5.78 Å². The molecule has 0 atom stereocenters. The minimum Gasteiger partial charge on any atom is -0.298 e. The van der Waals surface area contributed by atoms with Crippen molar-refractivity contribution < 1.29 is 4.79 Å². The molecule has 1 heterocycles. The zero-order valence-corrected chi connectivity index (χ0v) is 12.3. The van der Waals surface area contributed by atoms with Crippen molar-refractivity contribution in [1.82, 2.24) is 0 Å². The van der Waals surface area contributed by atoms with E-state index in [0.717, 1.165) is 22.2 Å². The number of hydrogen-bond acceptors (Lipinski definition) is 2. The van der Waals surface area contributed by atoms with Gasteiger partial charge in [-0.15, -0.1) is 11.3 Å². The van der Waals surface area contributed by atoms with Crippen molar-refractivity contribution in [3.8, 4) is 0 Å². The smallest absolute Gasteiger partial charge is 0.148 e. The maximum atomic E-state index is 12.5. The number of carbonyl (C=O) groups excluding carboxylic acids is 1. The first-order valence-electron chi connectivity index (χ1n) is 6.03. The maximum absolute atomic E-state index is 12.5. The molecule has 18 heavy (non-hydrogen) atoms. The van der Waals surface area contributed by atoms with Gasteiger partial charge in [0.2, 0.25) is 0 Å². The fourth-order valence-electron chi connectivity index (χ4n) is 2.38. The van der Waals surface area contributed by atoms with Crippen molar-refractivity contribution >= 4 is 33.0 Å². The van der Waals surface area contributed by atoms with Crippen LogP contribution in [-0.2, 0) is 16.6 Å². The van der Waals surface area contributed by atoms with Gasteiger partial charge in [0.05, 0.1) is 5.41 Å². The van der Waals surface area contributed by atoms with Gasteiger partial charge in [-0.2, -0.15) is 0 Å². The van der Waals surface area contributed by atoms with E-state index in [-0.39, 0.29) is 5.41 Å². The topological polar surface area (TPSA) is 17.1 Å². The summed E-state index contributed by atoms with van der Waals surface area (Å²) in [6, 6.07) is 12.2. The molecule has 0 aliphatic heterocycles. The van der Waals surface area contributed by atoms with Crippen LogP contribution in [0.4, 0.5) is 0 Å². The van der Waals surface area contributed by atoms with Gasteiger partial charge in [0.15, 0.2) is 0 Å². The Morgan fingerprint density at radius 3 is 2.50 bits per heavy atom. The van der Waals surface area contributed by atoms with E-state index < -0.39 is 0 Å². The van der Waals surface area contributed by atoms with E-state index in [1.165, 1.54) is 5.56 Å². The molecule has 3 rings (SSSR count). The predicted molar refractivity (Wildman–Crippen MR) is 78.1 cm³/mol. The second-order valence-electron chi connectivity index (χ2n) is 4.74. The highest BCUT2D eigenvalue weighted by molar-refractivity contribution is 9.10. The molecule has 1 aliphatic carbocycles. The molecule has 0 bridgehead atoms. The van der Waals surface area contributed by atoms with Gasteiger partial charge in [-0.05, 0) is 45.8 Å². The molecule has 1 saturated carbocycles. The summed E-state index contributed by atoms with van der Waals surface area (Å²) in [4.78, 5) is 13.7. The van der Waals surface area contributed by atoms with Crippen molar-refractivity contribution in [2.45, 2.75) is 24.7 Å². The molecule has 0 radical (unpaired) electrons. The molecular formula is C15H13BrOS. The summed E-state index contributed by atoms with van der Waals surface area (Å²) in [5.41, 5.74) is 0.993. The number of ketones is 1. The highest BCUT2D eigenvalue weighted by Crippen LogP contribution is 2.49. The fourth-order valence-corrected chi connectivity index (χ4v) is 3.87. The van der Waals surface area contributed by atoms with Gasteiger partial charge in [0, 0.05) is 15.8 Å². The van der Waals surface area contributed by atoms with Crippen LogP contribution < -0.4 is 0 Å². The van der Waals surface area contributed by atoms with E-state index in [4.69, 9.17) is 0 Å². The van der Waals surface area contributed by atoms with Crippen LogP contribution >= 0.6 is 27.3 Å². The summed E-state index contributed by atoms with van der Waals surface area (Å²) >= 11 is 5.15. The molecule has 0 spiro atoms. The van der Waals surface area contributed by atoms with E-state index in [1.807, 2.05) is 29.6 Å². The fraction of sp³-hybridized carbons (Fsp3) is 0.267. The van der Waals surface area contributed by atoms with Gasteiger partial charge in [-0.25, -0.2) is 0 Å². The average molecular weight is 321 g/mol. The summed E-state index contributed by atoms with van der Waals surface area (Å²) in [5, 5.41) is 2.02. The number of rotatable bonds is 4. The first kappa shape index (κ1) is 12.1. The normalized spacial score (nSPS) is 16.5. The average Bonchev–Trinajstić information content (AvgIpc) is 3.12. The van der Waals surface area contributed by atoms with E-state index in [9.17, 15) is 4.79 Å². The largest absolute Gasteiger partial charge is 0.298 e. The number of Topliss-reactive ketones (excluding diaryl/α,β-unsaturated/α-hetero) is 1. The Hall–Kier alpha value is -0.930. The molecule has 92 valence electrons. The molecule has 2 aromatic rings. The van der Waals surface area contributed by atoms with E-state index in [0.29, 0.717) is 12.2 Å². The Balaban J connectivity index is 1.83. The number of benzene rings is 1. The van der Waals surface area contributed by atoms with Gasteiger partial charge in [-0.1, -0.05) is 30.3 Å². The second kappa shape index (κ2) is 4.63. The van der Waals surface area contributed by atoms with Crippen molar-refractivity contribution in [2.75, 3.05) is 0 Å². The Bertz CT molecular complexity index is 569. The Morgan fingerprint density at radius 1 is 1.22 bits per heavy atom. The summed E-state index contributed by atoms with van der Waals surface area (Å²) in [6.07, 6.45) is 2.55. The van der Waals surface area contributed by atoms with Gasteiger partial charge in [0.1, 0.15) is 5.78 Å². The SMILES string of the molecule is O=C(Cc1sccc1Br)C1(c2ccccc2)CC1. The van der Waals surface area contributed by atoms with Crippen molar-refractivity contribution in [3.63, 3.8) is 0 Å². The quantitative estimate of drug-likeness (QED) is 0.818. The minimum atomic E-state index is -0.190. The van der Waals surface area contributed by atoms with Crippen LogP contribution in [0.1, 0.15) is 23.3 Å². The predicted octanol–water partition coefficient (Wildman–Crippen LogP) is 4.35. The lowest BCUT2D eigenvalue weighted by Crippen LogP contribution is -2.22. The third kappa shape index (κ3) is 2.06. The van der Waals surface area contributed by atoms with Crippen LogP contribution in [0.25, 0.3) is 0 Å². The van der Waals surface area contributed by atoms with Crippen LogP contribution in [0.2, 0.25) is 0 Å². The molecule has 1 nitrogen and oxygen atoms in total. The number of thiophene rings is 1. The monoisotopic (exact) mass is 320 g/mol. The van der Waals surface area contributed by atoms with Crippen molar-refractivity contribution in [1.29, 1.82) is 0 Å². The molecule has 0 saturated heterocycles. The maximum Gasteiger partial charge on any atom is 0.148 e. The lowest BCUT2D eigenvalue weighted by Gasteiger charge is -2.14. The highest BCUT2D eigenvalue weighted by Gasteiger charge is 2.50. The first-order valence-corrected chi connectivity index (χ1v) is 7.70. The lowest BCUT2D eigenvalue weighted by atomic mass is 9.89. The van der Waals surface area contributed by atoms with Crippen molar-refractivity contribution in [2.24, 2.45) is 0 Å². The van der Waals surface area contributed by atoms with E-state index >= 15 is 0 Å². The van der Waals surface area contributed by atoms with Gasteiger partial charge in [-0.3, -0.25) is 4.79 Å². The van der Waals surface area contributed by atoms with E-state index in [1.54, 1.807) is 11.3 Å². The van der Waals surface area contributed by atoms with Crippen LogP contribution in [0.15, 0.2) is 46.3 Å². The summed E-state index contributed by atoms with van der Waals surface area (Å²) in [5.74, 6) is 0.358. The Morgan fingerprint density at radius 2 is 1.94 bits per heavy atom. The van der Waals surface area contributed by atoms with E-state index in [2.05, 4.69) is 28.1 Å². The number of halogens is 1. The van der Waals surface area contributed by atoms with Gasteiger partial charge in [0.25, 0.3) is 0 Å². The summed E-state index contributed by atoms with van der Waals surface area (Å²) in [6.45, 7) is 0. The zero-order valence-electron chi connectivity index (χ0n) is 9.86. The zero-order chi connectivity index (χ0) is 12.6. The third-order valence-corrected chi connectivity index (χ3v) is 5.55. The summed E-state index contributed by atoms with van der Waals surface area (Å²) in [7, 11) is 0.